The fraction of sp³-hybridized carbons (Fsp3) is 0.789. The molecule has 0 saturated carbocycles. The van der Waals surface area contributed by atoms with E-state index in [0.717, 1.165) is 49.3 Å². The van der Waals surface area contributed by atoms with E-state index in [1.54, 1.807) is 18.4 Å². The van der Waals surface area contributed by atoms with Gasteiger partial charge in [0.05, 0.1) is 18.3 Å². The smallest absolute Gasteiger partial charge is 0.194 e. The summed E-state index contributed by atoms with van der Waals surface area (Å²) in [5, 5.41) is 6.47. The van der Waals surface area contributed by atoms with Crippen LogP contribution in [0.5, 0.6) is 0 Å². The summed E-state index contributed by atoms with van der Waals surface area (Å²) in [6, 6.07) is 0. The molecule has 27 heavy (non-hydrogen) atoms. The molecule has 0 aliphatic heterocycles. The van der Waals surface area contributed by atoms with Crippen molar-refractivity contribution in [2.75, 3.05) is 33.9 Å². The molecule has 6 nitrogen and oxygen atoms in total. The Kier molecular flexibility index (Phi) is 14.3. The number of hydrogen-bond acceptors (Lipinski definition) is 5. The van der Waals surface area contributed by atoms with Gasteiger partial charge in [-0.25, -0.2) is 4.98 Å². The Morgan fingerprint density at radius 3 is 2.59 bits per heavy atom. The topological polar surface area (TPSA) is 59.0 Å². The summed E-state index contributed by atoms with van der Waals surface area (Å²) in [6.07, 6.45) is 1.22. The van der Waals surface area contributed by atoms with Crippen molar-refractivity contribution in [1.82, 2.24) is 15.2 Å². The van der Waals surface area contributed by atoms with Crippen molar-refractivity contribution in [1.29, 1.82) is 0 Å². The Bertz CT molecular complexity index is 540. The molecule has 8 heteroatoms. The molecule has 2 unspecified atom stereocenters. The SMILES string of the molecule is CCNC(=NCCC(OCC)C(C)C)N(C)Cc1csc(C(C)OC)n1.I. The fourth-order valence-electron chi connectivity index (χ4n) is 2.59. The first-order chi connectivity index (χ1) is 12.4. The number of aromatic nitrogens is 1. The molecule has 0 fully saturated rings. The second-order valence-corrected chi connectivity index (χ2v) is 7.56. The van der Waals surface area contributed by atoms with Gasteiger partial charge in [-0.05, 0) is 33.1 Å². The van der Waals surface area contributed by atoms with Gasteiger partial charge in [0.2, 0.25) is 0 Å². The van der Waals surface area contributed by atoms with E-state index in [4.69, 9.17) is 14.5 Å². The summed E-state index contributed by atoms with van der Waals surface area (Å²) < 4.78 is 11.2. The maximum absolute atomic E-state index is 5.81. The van der Waals surface area contributed by atoms with Crippen LogP contribution in [0.2, 0.25) is 0 Å². The van der Waals surface area contributed by atoms with E-state index in [2.05, 4.69) is 41.4 Å². The van der Waals surface area contributed by atoms with Crippen LogP contribution in [0.1, 0.15) is 57.8 Å². The number of nitrogens with zero attached hydrogens (tertiary/aromatic N) is 3. The molecule has 0 amide bonds. The molecule has 0 bridgehead atoms. The van der Waals surface area contributed by atoms with Crippen LogP contribution in [-0.4, -0.2) is 55.8 Å². The highest BCUT2D eigenvalue weighted by molar-refractivity contribution is 14.0. The molecule has 1 aromatic rings. The van der Waals surface area contributed by atoms with Gasteiger partial charge in [-0.15, -0.1) is 35.3 Å². The number of nitrogens with one attached hydrogen (secondary N) is 1. The maximum Gasteiger partial charge on any atom is 0.194 e. The zero-order chi connectivity index (χ0) is 19.5. The number of guanidine groups is 1. The highest BCUT2D eigenvalue weighted by atomic mass is 127. The molecule has 0 aliphatic rings. The van der Waals surface area contributed by atoms with E-state index >= 15 is 0 Å². The van der Waals surface area contributed by atoms with Gasteiger partial charge < -0.3 is 19.7 Å². The van der Waals surface area contributed by atoms with Crippen LogP contribution in [0.25, 0.3) is 0 Å². The van der Waals surface area contributed by atoms with E-state index in [-0.39, 0.29) is 36.2 Å². The van der Waals surface area contributed by atoms with Gasteiger partial charge >= 0.3 is 0 Å². The first-order valence-corrected chi connectivity index (χ1v) is 10.4. The van der Waals surface area contributed by atoms with Crippen molar-refractivity contribution in [3.63, 3.8) is 0 Å². The third-order valence-electron chi connectivity index (χ3n) is 4.17. The lowest BCUT2D eigenvalue weighted by molar-refractivity contribution is 0.0266. The monoisotopic (exact) mass is 512 g/mol. The van der Waals surface area contributed by atoms with Gasteiger partial charge in [-0.3, -0.25) is 4.99 Å². The maximum atomic E-state index is 5.81. The van der Waals surface area contributed by atoms with Crippen molar-refractivity contribution < 1.29 is 9.47 Å². The first-order valence-electron chi connectivity index (χ1n) is 9.50. The van der Waals surface area contributed by atoms with Gasteiger partial charge in [-0.1, -0.05) is 13.8 Å². The van der Waals surface area contributed by atoms with Gasteiger partial charge in [0.15, 0.2) is 5.96 Å². The average molecular weight is 513 g/mol. The Morgan fingerprint density at radius 2 is 2.04 bits per heavy atom. The highest BCUT2D eigenvalue weighted by Crippen LogP contribution is 2.21. The van der Waals surface area contributed by atoms with Gasteiger partial charge in [-0.2, -0.15) is 0 Å². The van der Waals surface area contributed by atoms with Gasteiger partial charge in [0.1, 0.15) is 11.1 Å². The Hall–Kier alpha value is -0.450. The first kappa shape index (κ1) is 26.6. The standard InChI is InChI=1S/C19H36N4O2S.HI/c1-8-20-19(21-11-10-17(14(3)4)25-9-2)23(6)12-16-13-26-18(22-16)15(5)24-7;/h13-15,17H,8-12H2,1-7H3,(H,20,21);1H. The molecule has 158 valence electrons. The van der Waals surface area contributed by atoms with Crippen LogP contribution >= 0.6 is 35.3 Å². The van der Waals surface area contributed by atoms with Crippen molar-refractivity contribution in [3.05, 3.63) is 16.1 Å². The molecule has 0 spiro atoms. The van der Waals surface area contributed by atoms with E-state index in [1.165, 1.54) is 0 Å². The molecule has 0 aromatic carbocycles. The zero-order valence-corrected chi connectivity index (χ0v) is 21.0. The van der Waals surface area contributed by atoms with Crippen LogP contribution in [0.4, 0.5) is 0 Å². The minimum atomic E-state index is 0. The van der Waals surface area contributed by atoms with Gasteiger partial charge in [0, 0.05) is 39.2 Å². The zero-order valence-electron chi connectivity index (χ0n) is 17.8. The second-order valence-electron chi connectivity index (χ2n) is 6.67. The number of thiazole rings is 1. The predicted octanol–water partition coefficient (Wildman–Crippen LogP) is 4.32. The summed E-state index contributed by atoms with van der Waals surface area (Å²) in [5.74, 6) is 1.41. The minimum absolute atomic E-state index is 0. The van der Waals surface area contributed by atoms with E-state index in [9.17, 15) is 0 Å². The summed E-state index contributed by atoms with van der Waals surface area (Å²) in [6.45, 7) is 13.6. The number of hydrogen-bond donors (Lipinski definition) is 1. The molecular formula is C19H37IN4O2S. The lowest BCUT2D eigenvalue weighted by Crippen LogP contribution is -2.38. The fourth-order valence-corrected chi connectivity index (χ4v) is 3.43. The molecule has 2 atom stereocenters. The molecule has 1 aromatic heterocycles. The van der Waals surface area contributed by atoms with Crippen LogP contribution in [0.3, 0.4) is 0 Å². The highest BCUT2D eigenvalue weighted by Gasteiger charge is 2.15. The molecule has 0 radical (unpaired) electrons. The molecular weight excluding hydrogens is 475 g/mol. The van der Waals surface area contributed by atoms with E-state index < -0.39 is 0 Å². The minimum Gasteiger partial charge on any atom is -0.378 e. The Labute approximate surface area is 186 Å². The van der Waals surface area contributed by atoms with Crippen LogP contribution < -0.4 is 5.32 Å². The van der Waals surface area contributed by atoms with Crippen molar-refractivity contribution in [2.45, 2.75) is 59.8 Å². The van der Waals surface area contributed by atoms with Gasteiger partial charge in [0.25, 0.3) is 0 Å². The van der Waals surface area contributed by atoms with E-state index in [0.29, 0.717) is 5.92 Å². The molecule has 1 N–H and O–H groups in total. The summed E-state index contributed by atoms with van der Waals surface area (Å²) in [7, 11) is 3.75. The number of rotatable bonds is 11. The lowest BCUT2D eigenvalue weighted by Gasteiger charge is -2.23. The molecule has 1 rings (SSSR count). The summed E-state index contributed by atoms with van der Waals surface area (Å²) >= 11 is 1.64. The van der Waals surface area contributed by atoms with Crippen LogP contribution in [0.15, 0.2) is 10.4 Å². The second kappa shape index (κ2) is 14.5. The van der Waals surface area contributed by atoms with Crippen LogP contribution in [0, 0.1) is 5.92 Å². The van der Waals surface area contributed by atoms with Crippen molar-refractivity contribution in [2.24, 2.45) is 10.9 Å². The Morgan fingerprint density at radius 1 is 1.33 bits per heavy atom. The third kappa shape index (κ3) is 9.54. The van der Waals surface area contributed by atoms with E-state index in [1.807, 2.05) is 20.9 Å². The van der Waals surface area contributed by atoms with Crippen molar-refractivity contribution >= 4 is 41.3 Å². The number of halogens is 1. The lowest BCUT2D eigenvalue weighted by atomic mass is 10.0. The number of ether oxygens (including phenoxy) is 2. The predicted molar refractivity (Wildman–Crippen MR) is 125 cm³/mol. The summed E-state index contributed by atoms with van der Waals surface area (Å²) in [4.78, 5) is 11.6. The molecule has 1 heterocycles. The Balaban J connectivity index is 0.00000676. The third-order valence-corrected chi connectivity index (χ3v) is 5.22. The molecule has 0 saturated heterocycles. The van der Waals surface area contributed by atoms with Crippen molar-refractivity contribution in [3.8, 4) is 0 Å². The van der Waals surface area contributed by atoms with Crippen LogP contribution in [-0.2, 0) is 16.0 Å². The molecule has 0 aliphatic carbocycles. The average Bonchev–Trinajstić information content (AvgIpc) is 3.07. The largest absolute Gasteiger partial charge is 0.378 e. The quantitative estimate of drug-likeness (QED) is 0.272. The number of aliphatic imine (C=N–C) groups is 1. The normalized spacial score (nSPS) is 14.0. The number of methoxy groups -OCH3 is 1. The summed E-state index contributed by atoms with van der Waals surface area (Å²) in [5.41, 5.74) is 1.04.